The van der Waals surface area contributed by atoms with Crippen molar-refractivity contribution in [3.8, 4) is 0 Å². The lowest BCUT2D eigenvalue weighted by atomic mass is 10.1. The molecule has 2 aromatic rings. The molecule has 1 unspecified atom stereocenters. The Hall–Kier alpha value is -2.50. The smallest absolute Gasteiger partial charge is 0.191 e. The number of fused-ring (bicyclic) bond motifs is 1. The van der Waals surface area contributed by atoms with E-state index in [9.17, 15) is 0 Å². The fourth-order valence-electron chi connectivity index (χ4n) is 3.37. The van der Waals surface area contributed by atoms with Crippen molar-refractivity contribution < 1.29 is 0 Å². The van der Waals surface area contributed by atoms with E-state index in [1.807, 2.05) is 30.2 Å². The third kappa shape index (κ3) is 4.53. The van der Waals surface area contributed by atoms with E-state index >= 15 is 0 Å². The molecule has 6 nitrogen and oxygen atoms in total. The molecule has 0 spiro atoms. The highest BCUT2D eigenvalue weighted by molar-refractivity contribution is 5.79. The molecular formula is C19H28N6. The zero-order valence-electron chi connectivity index (χ0n) is 15.2. The Morgan fingerprint density at radius 3 is 2.84 bits per heavy atom. The van der Waals surface area contributed by atoms with Crippen molar-refractivity contribution in [3.63, 3.8) is 0 Å². The van der Waals surface area contributed by atoms with E-state index in [1.54, 1.807) is 0 Å². The van der Waals surface area contributed by atoms with Gasteiger partial charge in [-0.1, -0.05) is 18.2 Å². The second-order valence-electron chi connectivity index (χ2n) is 6.42. The average molecular weight is 340 g/mol. The quantitative estimate of drug-likeness (QED) is 0.459. The van der Waals surface area contributed by atoms with Gasteiger partial charge < -0.3 is 15.5 Å². The molecule has 6 heteroatoms. The molecule has 0 saturated heterocycles. The minimum Gasteiger partial charge on any atom is -0.367 e. The van der Waals surface area contributed by atoms with Crippen LogP contribution in [0.1, 0.15) is 18.9 Å². The number of hydrogen-bond acceptors (Lipinski definition) is 3. The Balaban J connectivity index is 1.38. The number of nitrogens with zero attached hydrogens (tertiary/aromatic N) is 4. The van der Waals surface area contributed by atoms with E-state index in [0.717, 1.165) is 45.0 Å². The van der Waals surface area contributed by atoms with Crippen LogP contribution in [0.4, 0.5) is 5.69 Å². The zero-order chi connectivity index (χ0) is 17.5. The summed E-state index contributed by atoms with van der Waals surface area (Å²) in [5.41, 5.74) is 2.83. The lowest BCUT2D eigenvalue weighted by molar-refractivity contribution is 0.569. The topological polar surface area (TPSA) is 57.5 Å². The Labute approximate surface area is 149 Å². The van der Waals surface area contributed by atoms with E-state index in [2.05, 4.69) is 56.8 Å². The van der Waals surface area contributed by atoms with Gasteiger partial charge in [-0.3, -0.25) is 9.67 Å². The Morgan fingerprint density at radius 2 is 2.04 bits per heavy atom. The zero-order valence-corrected chi connectivity index (χ0v) is 15.2. The van der Waals surface area contributed by atoms with Gasteiger partial charge in [-0.05, 0) is 37.5 Å². The van der Waals surface area contributed by atoms with Gasteiger partial charge in [0.25, 0.3) is 0 Å². The predicted octanol–water partition coefficient (Wildman–Crippen LogP) is 1.89. The molecule has 1 aromatic heterocycles. The lowest BCUT2D eigenvalue weighted by Gasteiger charge is -2.25. The molecule has 0 radical (unpaired) electrons. The molecule has 2 heterocycles. The fourth-order valence-corrected chi connectivity index (χ4v) is 3.37. The molecule has 1 aliphatic rings. The standard InChI is InChI=1S/C19H28N6/c1-16-15-17-7-3-4-8-18(17)25(16)14-11-22-19(20-2)21-9-5-12-24-13-6-10-23-24/h3-4,6-8,10,13,16H,5,9,11-12,14-15H2,1-2H3,(H2,20,21,22). The number of nitrogens with one attached hydrogen (secondary N) is 2. The number of para-hydroxylation sites is 1. The molecule has 1 atom stereocenters. The van der Waals surface area contributed by atoms with Crippen molar-refractivity contribution in [2.24, 2.45) is 4.99 Å². The summed E-state index contributed by atoms with van der Waals surface area (Å²) in [5, 5.41) is 11.0. The first kappa shape index (κ1) is 17.3. The maximum Gasteiger partial charge on any atom is 0.191 e. The third-order valence-corrected chi connectivity index (χ3v) is 4.63. The molecular weight excluding hydrogens is 312 g/mol. The van der Waals surface area contributed by atoms with Crippen molar-refractivity contribution in [2.45, 2.75) is 32.4 Å². The number of hydrogen-bond donors (Lipinski definition) is 2. The van der Waals surface area contributed by atoms with E-state index in [-0.39, 0.29) is 0 Å². The highest BCUT2D eigenvalue weighted by Crippen LogP contribution is 2.31. The van der Waals surface area contributed by atoms with Crippen LogP contribution in [0.3, 0.4) is 0 Å². The summed E-state index contributed by atoms with van der Waals surface area (Å²) in [6.07, 6.45) is 5.95. The van der Waals surface area contributed by atoms with Gasteiger partial charge in [0, 0.05) is 57.3 Å². The highest BCUT2D eigenvalue weighted by Gasteiger charge is 2.24. The van der Waals surface area contributed by atoms with Gasteiger partial charge in [-0.2, -0.15) is 5.10 Å². The second kappa shape index (κ2) is 8.55. The molecule has 0 amide bonds. The summed E-state index contributed by atoms with van der Waals surface area (Å²) in [5.74, 6) is 0.862. The van der Waals surface area contributed by atoms with E-state index < -0.39 is 0 Å². The van der Waals surface area contributed by atoms with Gasteiger partial charge in [0.15, 0.2) is 5.96 Å². The van der Waals surface area contributed by atoms with Crippen LogP contribution in [-0.4, -0.2) is 48.5 Å². The first-order chi connectivity index (χ1) is 12.3. The number of anilines is 1. The number of guanidine groups is 1. The van der Waals surface area contributed by atoms with Crippen molar-refractivity contribution in [2.75, 3.05) is 31.6 Å². The first-order valence-corrected chi connectivity index (χ1v) is 9.04. The molecule has 25 heavy (non-hydrogen) atoms. The van der Waals surface area contributed by atoms with Crippen LogP contribution in [0, 0.1) is 0 Å². The third-order valence-electron chi connectivity index (χ3n) is 4.63. The van der Waals surface area contributed by atoms with Crippen LogP contribution >= 0.6 is 0 Å². The van der Waals surface area contributed by atoms with Gasteiger partial charge in [0.1, 0.15) is 0 Å². The van der Waals surface area contributed by atoms with Crippen LogP contribution in [0.5, 0.6) is 0 Å². The Morgan fingerprint density at radius 1 is 1.20 bits per heavy atom. The highest BCUT2D eigenvalue weighted by atomic mass is 15.3. The molecule has 3 rings (SSSR count). The summed E-state index contributed by atoms with van der Waals surface area (Å²) in [6.45, 7) is 5.94. The normalized spacial score (nSPS) is 16.8. The number of aromatic nitrogens is 2. The largest absolute Gasteiger partial charge is 0.367 e. The van der Waals surface area contributed by atoms with Crippen molar-refractivity contribution in [1.82, 2.24) is 20.4 Å². The van der Waals surface area contributed by atoms with Gasteiger partial charge in [0.05, 0.1) is 0 Å². The molecule has 0 bridgehead atoms. The van der Waals surface area contributed by atoms with Gasteiger partial charge in [-0.15, -0.1) is 0 Å². The summed E-state index contributed by atoms with van der Waals surface area (Å²) < 4.78 is 1.95. The monoisotopic (exact) mass is 340 g/mol. The van der Waals surface area contributed by atoms with Crippen molar-refractivity contribution >= 4 is 11.6 Å². The van der Waals surface area contributed by atoms with E-state index in [4.69, 9.17) is 0 Å². The number of benzene rings is 1. The van der Waals surface area contributed by atoms with Crippen LogP contribution in [0.2, 0.25) is 0 Å². The summed E-state index contributed by atoms with van der Waals surface area (Å²) in [7, 11) is 1.82. The maximum atomic E-state index is 4.30. The number of aryl methyl sites for hydroxylation is 1. The maximum absolute atomic E-state index is 4.30. The van der Waals surface area contributed by atoms with Gasteiger partial charge in [0.2, 0.25) is 0 Å². The van der Waals surface area contributed by atoms with E-state index in [0.29, 0.717) is 6.04 Å². The van der Waals surface area contributed by atoms with Gasteiger partial charge >= 0.3 is 0 Å². The molecule has 134 valence electrons. The SMILES string of the molecule is CN=C(NCCCn1cccn1)NCCN1c2ccccc2CC1C. The predicted molar refractivity (Wildman–Crippen MR) is 103 cm³/mol. The van der Waals surface area contributed by atoms with E-state index in [1.165, 1.54) is 11.3 Å². The average Bonchev–Trinajstić information content (AvgIpc) is 3.25. The molecule has 1 aromatic carbocycles. The van der Waals surface area contributed by atoms with Gasteiger partial charge in [-0.25, -0.2) is 0 Å². The van der Waals surface area contributed by atoms with Crippen molar-refractivity contribution in [1.29, 1.82) is 0 Å². The number of rotatable bonds is 7. The Kier molecular flexibility index (Phi) is 5.93. The van der Waals surface area contributed by atoms with Crippen LogP contribution in [0.15, 0.2) is 47.7 Å². The number of aliphatic imine (C=N–C) groups is 1. The molecule has 2 N–H and O–H groups in total. The molecule has 0 fully saturated rings. The second-order valence-corrected chi connectivity index (χ2v) is 6.42. The fraction of sp³-hybridized carbons (Fsp3) is 0.474. The first-order valence-electron chi connectivity index (χ1n) is 9.04. The molecule has 0 saturated carbocycles. The summed E-state index contributed by atoms with van der Waals surface area (Å²) in [4.78, 5) is 6.78. The van der Waals surface area contributed by atoms with Crippen molar-refractivity contribution in [3.05, 3.63) is 48.3 Å². The lowest BCUT2D eigenvalue weighted by Crippen LogP contribution is -2.43. The molecule has 1 aliphatic heterocycles. The minimum absolute atomic E-state index is 0.559. The van der Waals surface area contributed by atoms with Crippen LogP contribution in [-0.2, 0) is 13.0 Å². The Bertz CT molecular complexity index is 679. The van der Waals surface area contributed by atoms with Crippen LogP contribution in [0.25, 0.3) is 0 Å². The van der Waals surface area contributed by atoms with Crippen LogP contribution < -0.4 is 15.5 Å². The molecule has 0 aliphatic carbocycles. The summed E-state index contributed by atoms with van der Waals surface area (Å²) in [6, 6.07) is 11.2. The summed E-state index contributed by atoms with van der Waals surface area (Å²) >= 11 is 0. The minimum atomic E-state index is 0.559.